The molecule has 12 heavy (non-hydrogen) atoms. The summed E-state index contributed by atoms with van der Waals surface area (Å²) in [6.45, 7) is 3.61. The van der Waals surface area contributed by atoms with Crippen LogP contribution in [-0.4, -0.2) is 5.91 Å². The molecule has 0 saturated carbocycles. The Morgan fingerprint density at radius 1 is 1.42 bits per heavy atom. The predicted molar refractivity (Wildman–Crippen MR) is 57.4 cm³/mol. The van der Waals surface area contributed by atoms with Crippen molar-refractivity contribution < 1.29 is 4.79 Å². The summed E-state index contributed by atoms with van der Waals surface area (Å²) in [6, 6.07) is 7.49. The van der Waals surface area contributed by atoms with E-state index in [1.54, 1.807) is 0 Å². The standard InChI is InChI=1S/C9H8INO/c1-6(9(11)12)7-4-2-3-5-8(7)10/h2-5H,1H2,(H2,11,12). The number of nitrogens with two attached hydrogens (primary N) is 1. The first-order valence-electron chi connectivity index (χ1n) is 3.36. The molecule has 0 aliphatic heterocycles. The fraction of sp³-hybridized carbons (Fsp3) is 0. The van der Waals surface area contributed by atoms with Crippen molar-refractivity contribution in [3.05, 3.63) is 40.0 Å². The van der Waals surface area contributed by atoms with Crippen LogP contribution in [0.25, 0.3) is 5.57 Å². The number of benzene rings is 1. The van der Waals surface area contributed by atoms with Gasteiger partial charge in [0.05, 0.1) is 0 Å². The molecule has 1 rings (SSSR count). The molecular weight excluding hydrogens is 265 g/mol. The lowest BCUT2D eigenvalue weighted by Crippen LogP contribution is -2.12. The van der Waals surface area contributed by atoms with Gasteiger partial charge >= 0.3 is 0 Å². The molecule has 0 heterocycles. The molecule has 1 aromatic carbocycles. The number of primary amides is 1. The van der Waals surface area contributed by atoms with Crippen LogP contribution in [0.1, 0.15) is 5.56 Å². The Kier molecular flexibility index (Phi) is 2.86. The van der Waals surface area contributed by atoms with Crippen molar-refractivity contribution in [2.75, 3.05) is 0 Å². The van der Waals surface area contributed by atoms with E-state index in [0.29, 0.717) is 5.57 Å². The highest BCUT2D eigenvalue weighted by molar-refractivity contribution is 14.1. The van der Waals surface area contributed by atoms with Gasteiger partial charge in [0.1, 0.15) is 0 Å². The second-order valence-corrected chi connectivity index (χ2v) is 3.48. The van der Waals surface area contributed by atoms with E-state index in [1.807, 2.05) is 24.3 Å². The van der Waals surface area contributed by atoms with E-state index in [-0.39, 0.29) is 0 Å². The van der Waals surface area contributed by atoms with Crippen LogP contribution in [0.2, 0.25) is 0 Å². The first-order chi connectivity index (χ1) is 5.63. The van der Waals surface area contributed by atoms with Gasteiger partial charge in [0, 0.05) is 9.14 Å². The van der Waals surface area contributed by atoms with Crippen molar-refractivity contribution >= 4 is 34.1 Å². The van der Waals surface area contributed by atoms with E-state index >= 15 is 0 Å². The van der Waals surface area contributed by atoms with Gasteiger partial charge in [-0.05, 0) is 34.2 Å². The molecule has 0 unspecified atom stereocenters. The monoisotopic (exact) mass is 273 g/mol. The lowest BCUT2D eigenvalue weighted by molar-refractivity contribution is -0.112. The molecule has 0 aliphatic rings. The van der Waals surface area contributed by atoms with Crippen molar-refractivity contribution in [1.29, 1.82) is 0 Å². The Balaban J connectivity index is 3.11. The second kappa shape index (κ2) is 3.71. The molecule has 0 atom stereocenters. The molecule has 1 amide bonds. The fourth-order valence-corrected chi connectivity index (χ4v) is 1.55. The Hall–Kier alpha value is -0.840. The van der Waals surface area contributed by atoms with Crippen LogP contribution in [0.3, 0.4) is 0 Å². The maximum atomic E-state index is 10.8. The van der Waals surface area contributed by atoms with Gasteiger partial charge in [-0.2, -0.15) is 0 Å². The Morgan fingerprint density at radius 2 is 2.00 bits per heavy atom. The van der Waals surface area contributed by atoms with Crippen LogP contribution in [0.5, 0.6) is 0 Å². The Bertz CT molecular complexity index is 333. The summed E-state index contributed by atoms with van der Waals surface area (Å²) in [5, 5.41) is 0. The van der Waals surface area contributed by atoms with Crippen molar-refractivity contribution in [3.8, 4) is 0 Å². The van der Waals surface area contributed by atoms with Crippen LogP contribution in [0.15, 0.2) is 30.8 Å². The summed E-state index contributed by atoms with van der Waals surface area (Å²) >= 11 is 2.14. The van der Waals surface area contributed by atoms with Gasteiger partial charge in [0.15, 0.2) is 0 Å². The third-order valence-electron chi connectivity index (χ3n) is 1.50. The Morgan fingerprint density at radius 3 is 2.50 bits per heavy atom. The molecule has 0 aliphatic carbocycles. The highest BCUT2D eigenvalue weighted by Crippen LogP contribution is 2.18. The van der Waals surface area contributed by atoms with Crippen LogP contribution in [-0.2, 0) is 4.79 Å². The van der Waals surface area contributed by atoms with Crippen LogP contribution in [0, 0.1) is 3.57 Å². The van der Waals surface area contributed by atoms with Gasteiger partial charge < -0.3 is 5.73 Å². The minimum atomic E-state index is -0.473. The number of hydrogen-bond acceptors (Lipinski definition) is 1. The molecule has 1 aromatic rings. The van der Waals surface area contributed by atoms with Crippen molar-refractivity contribution in [1.82, 2.24) is 0 Å². The maximum absolute atomic E-state index is 10.8. The quantitative estimate of drug-likeness (QED) is 0.648. The van der Waals surface area contributed by atoms with E-state index in [4.69, 9.17) is 5.73 Å². The molecule has 0 spiro atoms. The highest BCUT2D eigenvalue weighted by atomic mass is 127. The molecule has 3 heteroatoms. The molecule has 0 saturated heterocycles. The number of carbonyl (C=O) groups is 1. The smallest absolute Gasteiger partial charge is 0.248 e. The van der Waals surface area contributed by atoms with Gasteiger partial charge in [-0.3, -0.25) is 4.79 Å². The summed E-state index contributed by atoms with van der Waals surface area (Å²) in [4.78, 5) is 10.8. The van der Waals surface area contributed by atoms with E-state index in [0.717, 1.165) is 9.13 Å². The number of hydrogen-bond donors (Lipinski definition) is 1. The zero-order chi connectivity index (χ0) is 9.14. The van der Waals surface area contributed by atoms with Gasteiger partial charge in [-0.25, -0.2) is 0 Å². The SMILES string of the molecule is C=C(C(N)=O)c1ccccc1I. The van der Waals surface area contributed by atoms with Gasteiger partial charge in [0.2, 0.25) is 5.91 Å². The summed E-state index contributed by atoms with van der Waals surface area (Å²) in [7, 11) is 0. The van der Waals surface area contributed by atoms with Gasteiger partial charge in [-0.15, -0.1) is 0 Å². The number of rotatable bonds is 2. The molecule has 62 valence electrons. The maximum Gasteiger partial charge on any atom is 0.248 e. The minimum absolute atomic E-state index is 0.361. The highest BCUT2D eigenvalue weighted by Gasteiger charge is 2.07. The molecule has 0 fully saturated rings. The van der Waals surface area contributed by atoms with E-state index < -0.39 is 5.91 Å². The zero-order valence-electron chi connectivity index (χ0n) is 6.38. The summed E-state index contributed by atoms with van der Waals surface area (Å²) in [5.74, 6) is -0.473. The minimum Gasteiger partial charge on any atom is -0.366 e. The van der Waals surface area contributed by atoms with Crippen LogP contribution >= 0.6 is 22.6 Å². The van der Waals surface area contributed by atoms with E-state index in [1.165, 1.54) is 0 Å². The first kappa shape index (κ1) is 9.25. The summed E-state index contributed by atoms with van der Waals surface area (Å²) < 4.78 is 0.985. The second-order valence-electron chi connectivity index (χ2n) is 2.32. The molecule has 0 aromatic heterocycles. The third kappa shape index (κ3) is 1.85. The number of amides is 1. The number of carbonyl (C=O) groups excluding carboxylic acids is 1. The fourth-order valence-electron chi connectivity index (χ4n) is 0.839. The van der Waals surface area contributed by atoms with Crippen molar-refractivity contribution in [3.63, 3.8) is 0 Å². The van der Waals surface area contributed by atoms with Gasteiger partial charge in [-0.1, -0.05) is 24.8 Å². The average molecular weight is 273 g/mol. The lowest BCUT2D eigenvalue weighted by Gasteiger charge is -2.02. The molecule has 0 bridgehead atoms. The lowest BCUT2D eigenvalue weighted by atomic mass is 10.1. The predicted octanol–water partition coefficient (Wildman–Crippen LogP) is 1.79. The first-order valence-corrected chi connectivity index (χ1v) is 4.44. The largest absolute Gasteiger partial charge is 0.366 e. The molecule has 2 N–H and O–H groups in total. The van der Waals surface area contributed by atoms with Gasteiger partial charge in [0.25, 0.3) is 0 Å². The molecule has 2 nitrogen and oxygen atoms in total. The van der Waals surface area contributed by atoms with Crippen LogP contribution in [0.4, 0.5) is 0 Å². The molecular formula is C9H8INO. The van der Waals surface area contributed by atoms with Crippen molar-refractivity contribution in [2.45, 2.75) is 0 Å². The summed E-state index contributed by atoms with van der Waals surface area (Å²) in [6.07, 6.45) is 0. The normalized spacial score (nSPS) is 9.42. The topological polar surface area (TPSA) is 43.1 Å². The Labute approximate surface area is 84.6 Å². The molecule has 0 radical (unpaired) electrons. The van der Waals surface area contributed by atoms with E-state index in [2.05, 4.69) is 29.2 Å². The van der Waals surface area contributed by atoms with Crippen molar-refractivity contribution in [2.24, 2.45) is 5.73 Å². The van der Waals surface area contributed by atoms with Crippen LogP contribution < -0.4 is 5.73 Å². The third-order valence-corrected chi connectivity index (χ3v) is 2.44. The zero-order valence-corrected chi connectivity index (χ0v) is 8.54. The number of halogens is 1. The average Bonchev–Trinajstić information content (AvgIpc) is 2.04. The van der Waals surface area contributed by atoms with E-state index in [9.17, 15) is 4.79 Å². The summed E-state index contributed by atoms with van der Waals surface area (Å²) in [5.41, 5.74) is 6.27.